The van der Waals surface area contributed by atoms with Crippen molar-refractivity contribution in [1.29, 1.82) is 0 Å². The van der Waals surface area contributed by atoms with Gasteiger partial charge in [-0.2, -0.15) is 0 Å². The van der Waals surface area contributed by atoms with E-state index < -0.39 is 35.2 Å². The Hall–Kier alpha value is -2.05. The number of rotatable bonds is 4. The van der Waals surface area contributed by atoms with Crippen LogP contribution in [0.15, 0.2) is 36.4 Å². The molecule has 2 N–H and O–H groups in total. The van der Waals surface area contributed by atoms with Gasteiger partial charge in [-0.1, -0.05) is 23.7 Å². The lowest BCUT2D eigenvalue weighted by molar-refractivity contribution is -0.118. The van der Waals surface area contributed by atoms with Crippen LogP contribution in [0.25, 0.3) is 0 Å². The number of nitrogens with one attached hydrogen (secondary N) is 1. The van der Waals surface area contributed by atoms with Crippen molar-refractivity contribution in [2.45, 2.75) is 12.5 Å². The van der Waals surface area contributed by atoms with E-state index in [1.807, 2.05) is 0 Å². The number of hydrogen-bond acceptors (Lipinski definition) is 2. The molecule has 1 unspecified atom stereocenters. The molecule has 0 aromatic heterocycles. The highest BCUT2D eigenvalue weighted by Crippen LogP contribution is 2.22. The van der Waals surface area contributed by atoms with Gasteiger partial charge in [0.05, 0.1) is 18.2 Å². The van der Waals surface area contributed by atoms with E-state index in [1.165, 1.54) is 0 Å². The maximum absolute atomic E-state index is 13.4. The smallest absolute Gasteiger partial charge is 0.227 e. The van der Waals surface area contributed by atoms with Crippen LogP contribution in [0, 0.1) is 17.5 Å². The largest absolute Gasteiger partial charge is 0.388 e. The first-order valence-corrected chi connectivity index (χ1v) is 6.62. The summed E-state index contributed by atoms with van der Waals surface area (Å²) in [5.41, 5.74) is -0.0440. The molecule has 22 heavy (non-hydrogen) atoms. The zero-order chi connectivity index (χ0) is 16.3. The van der Waals surface area contributed by atoms with Gasteiger partial charge in [-0.3, -0.25) is 4.79 Å². The van der Waals surface area contributed by atoms with E-state index in [1.54, 1.807) is 24.3 Å². The first kappa shape index (κ1) is 16.3. The minimum absolute atomic E-state index is 0.334. The van der Waals surface area contributed by atoms with Crippen LogP contribution in [0.4, 0.5) is 18.9 Å². The Morgan fingerprint density at radius 3 is 2.32 bits per heavy atom. The topological polar surface area (TPSA) is 49.3 Å². The number of aliphatic hydroxyl groups excluding tert-OH is 1. The van der Waals surface area contributed by atoms with Gasteiger partial charge in [0.1, 0.15) is 5.82 Å². The van der Waals surface area contributed by atoms with Crippen molar-refractivity contribution in [2.75, 3.05) is 5.32 Å². The number of hydrogen-bond donors (Lipinski definition) is 2. The lowest BCUT2D eigenvalue weighted by Gasteiger charge is -2.12. The molecule has 0 saturated carbocycles. The molecule has 0 radical (unpaired) electrons. The average Bonchev–Trinajstić information content (AvgIpc) is 2.45. The number of halogens is 4. The number of benzene rings is 2. The van der Waals surface area contributed by atoms with Crippen molar-refractivity contribution in [3.05, 3.63) is 64.4 Å². The Labute approximate surface area is 129 Å². The number of amides is 1. The average molecular weight is 330 g/mol. The zero-order valence-corrected chi connectivity index (χ0v) is 11.9. The molecule has 0 heterocycles. The van der Waals surface area contributed by atoms with Crippen molar-refractivity contribution in [3.8, 4) is 0 Å². The molecule has 1 atom stereocenters. The number of anilines is 1. The highest BCUT2D eigenvalue weighted by molar-refractivity contribution is 6.30. The van der Waals surface area contributed by atoms with Crippen molar-refractivity contribution < 1.29 is 23.1 Å². The first-order valence-electron chi connectivity index (χ1n) is 6.24. The Morgan fingerprint density at radius 1 is 1.09 bits per heavy atom. The maximum Gasteiger partial charge on any atom is 0.227 e. The highest BCUT2D eigenvalue weighted by Gasteiger charge is 2.16. The molecule has 2 aromatic carbocycles. The summed E-state index contributed by atoms with van der Waals surface area (Å²) < 4.78 is 39.2. The standard InChI is InChI=1S/C15H11ClF3NO2/c16-9-3-1-8(2-4-9)14(21)7-15(22)20-13-6-11(18)10(17)5-12(13)19/h1-6,14,21H,7H2,(H,20,22). The van der Waals surface area contributed by atoms with Gasteiger partial charge in [-0.05, 0) is 17.7 Å². The van der Waals surface area contributed by atoms with Crippen molar-refractivity contribution in [1.82, 2.24) is 0 Å². The molecule has 0 bridgehead atoms. The van der Waals surface area contributed by atoms with Crippen LogP contribution in [0.1, 0.15) is 18.1 Å². The van der Waals surface area contributed by atoms with Crippen LogP contribution >= 0.6 is 11.6 Å². The molecule has 1 amide bonds. The second-order valence-electron chi connectivity index (χ2n) is 4.57. The van der Waals surface area contributed by atoms with Gasteiger partial charge >= 0.3 is 0 Å². The summed E-state index contributed by atoms with van der Waals surface area (Å²) in [6, 6.07) is 7.05. The van der Waals surface area contributed by atoms with E-state index in [0.29, 0.717) is 22.7 Å². The predicted octanol–water partition coefficient (Wildman–Crippen LogP) is 3.82. The van der Waals surface area contributed by atoms with Gasteiger partial charge in [0, 0.05) is 17.2 Å². The summed E-state index contributed by atoms with van der Waals surface area (Å²) >= 11 is 5.71. The number of carbonyl (C=O) groups is 1. The van der Waals surface area contributed by atoms with Crippen molar-refractivity contribution in [2.24, 2.45) is 0 Å². The van der Waals surface area contributed by atoms with Crippen LogP contribution in [0.3, 0.4) is 0 Å². The normalized spacial score (nSPS) is 12.0. The first-order chi connectivity index (χ1) is 10.4. The van der Waals surface area contributed by atoms with Crippen LogP contribution in [-0.4, -0.2) is 11.0 Å². The molecular weight excluding hydrogens is 319 g/mol. The molecular formula is C15H11ClF3NO2. The Morgan fingerprint density at radius 2 is 1.68 bits per heavy atom. The van der Waals surface area contributed by atoms with E-state index in [-0.39, 0.29) is 6.42 Å². The molecule has 0 spiro atoms. The molecule has 0 aliphatic rings. The Balaban J connectivity index is 2.04. The quantitative estimate of drug-likeness (QED) is 0.838. The van der Waals surface area contributed by atoms with Crippen LogP contribution in [-0.2, 0) is 4.79 Å². The lowest BCUT2D eigenvalue weighted by atomic mass is 10.1. The summed E-state index contributed by atoms with van der Waals surface area (Å²) in [5, 5.41) is 12.5. The summed E-state index contributed by atoms with van der Waals surface area (Å²) in [5.74, 6) is -4.48. The fourth-order valence-electron chi connectivity index (χ4n) is 1.80. The van der Waals surface area contributed by atoms with Crippen LogP contribution < -0.4 is 5.32 Å². The zero-order valence-electron chi connectivity index (χ0n) is 11.1. The number of carbonyl (C=O) groups excluding carboxylic acids is 1. The monoisotopic (exact) mass is 329 g/mol. The third-order valence-corrected chi connectivity index (χ3v) is 3.17. The minimum Gasteiger partial charge on any atom is -0.388 e. The predicted molar refractivity (Wildman–Crippen MR) is 76.0 cm³/mol. The van der Waals surface area contributed by atoms with E-state index in [2.05, 4.69) is 5.32 Å². The molecule has 7 heteroatoms. The van der Waals surface area contributed by atoms with Gasteiger partial charge in [0.15, 0.2) is 11.6 Å². The SMILES string of the molecule is O=C(CC(O)c1ccc(Cl)cc1)Nc1cc(F)c(F)cc1F. The van der Waals surface area contributed by atoms with Gasteiger partial charge in [-0.25, -0.2) is 13.2 Å². The van der Waals surface area contributed by atoms with E-state index in [0.717, 1.165) is 0 Å². The summed E-state index contributed by atoms with van der Waals surface area (Å²) in [7, 11) is 0. The van der Waals surface area contributed by atoms with Gasteiger partial charge in [0.2, 0.25) is 5.91 Å². The van der Waals surface area contributed by atoms with Gasteiger partial charge in [-0.15, -0.1) is 0 Å². The summed E-state index contributed by atoms with van der Waals surface area (Å²) in [4.78, 5) is 11.7. The van der Waals surface area contributed by atoms with E-state index >= 15 is 0 Å². The van der Waals surface area contributed by atoms with Crippen molar-refractivity contribution in [3.63, 3.8) is 0 Å². The van der Waals surface area contributed by atoms with Gasteiger partial charge in [0.25, 0.3) is 0 Å². The molecule has 0 aliphatic heterocycles. The fourth-order valence-corrected chi connectivity index (χ4v) is 1.92. The molecule has 0 saturated heterocycles. The third kappa shape index (κ3) is 3.99. The fraction of sp³-hybridized carbons (Fsp3) is 0.133. The van der Waals surface area contributed by atoms with E-state index in [9.17, 15) is 23.1 Å². The summed E-state index contributed by atoms with van der Waals surface area (Å²) in [6.45, 7) is 0. The number of aliphatic hydroxyl groups is 1. The van der Waals surface area contributed by atoms with E-state index in [4.69, 9.17) is 11.6 Å². The Bertz CT molecular complexity index is 692. The second-order valence-corrected chi connectivity index (χ2v) is 5.00. The molecule has 2 rings (SSSR count). The van der Waals surface area contributed by atoms with Crippen LogP contribution in [0.5, 0.6) is 0 Å². The Kier molecular flexibility index (Phi) is 5.05. The van der Waals surface area contributed by atoms with Crippen LogP contribution in [0.2, 0.25) is 5.02 Å². The van der Waals surface area contributed by atoms with Gasteiger partial charge < -0.3 is 10.4 Å². The minimum atomic E-state index is -1.35. The summed E-state index contributed by atoms with van der Waals surface area (Å²) in [6.07, 6.45) is -1.51. The molecule has 2 aromatic rings. The molecule has 3 nitrogen and oxygen atoms in total. The molecule has 0 fully saturated rings. The molecule has 116 valence electrons. The lowest BCUT2D eigenvalue weighted by Crippen LogP contribution is -2.16. The molecule has 0 aliphatic carbocycles. The maximum atomic E-state index is 13.4. The third-order valence-electron chi connectivity index (χ3n) is 2.92. The second kappa shape index (κ2) is 6.81. The highest BCUT2D eigenvalue weighted by atomic mass is 35.5. The van der Waals surface area contributed by atoms with Crippen molar-refractivity contribution >= 4 is 23.2 Å².